The Bertz CT molecular complexity index is 255. The van der Waals surface area contributed by atoms with Crippen LogP contribution in [0, 0.1) is 0 Å². The average Bonchev–Trinajstić information content (AvgIpc) is 2.52. The molecule has 0 aromatic heterocycles. The van der Waals surface area contributed by atoms with Gasteiger partial charge in [0.25, 0.3) is 0 Å². The van der Waals surface area contributed by atoms with Crippen LogP contribution in [0.2, 0.25) is 0 Å². The highest BCUT2D eigenvalue weighted by molar-refractivity contribution is 6.03. The molecule has 3 N–H and O–H groups in total. The maximum Gasteiger partial charge on any atom is 0.187 e. The van der Waals surface area contributed by atoms with E-state index in [-0.39, 0.29) is 12.2 Å². The Hall–Kier alpha value is -1.03. The van der Waals surface area contributed by atoms with Gasteiger partial charge in [-0.1, -0.05) is 13.8 Å². The number of nitrogens with zero attached hydrogens (tertiary/aromatic N) is 1. The van der Waals surface area contributed by atoms with Gasteiger partial charge < -0.3 is 15.6 Å². The summed E-state index contributed by atoms with van der Waals surface area (Å²) in [6.07, 6.45) is 3.43. The van der Waals surface area contributed by atoms with Crippen LogP contribution in [0.4, 0.5) is 0 Å². The molecule has 0 saturated carbocycles. The van der Waals surface area contributed by atoms with E-state index in [1.165, 1.54) is 0 Å². The van der Waals surface area contributed by atoms with E-state index >= 15 is 0 Å². The highest BCUT2D eigenvalue weighted by Gasteiger charge is 2.38. The fraction of sp³-hybridized carbons (Fsp3) is 0.700. The minimum Gasteiger partial charge on any atom is -0.466 e. The summed E-state index contributed by atoms with van der Waals surface area (Å²) in [6, 6.07) is 0. The van der Waals surface area contributed by atoms with Crippen LogP contribution in [0.25, 0.3) is 0 Å². The number of aliphatic hydroxyl groups is 1. The minimum atomic E-state index is -0.362. The first kappa shape index (κ1) is 11.0. The molecule has 0 aliphatic carbocycles. The number of aliphatic hydroxyl groups excluding tert-OH is 1. The third-order valence-corrected chi connectivity index (χ3v) is 2.58. The average molecular weight is 198 g/mol. The molecule has 80 valence electrons. The summed E-state index contributed by atoms with van der Waals surface area (Å²) in [5, 5.41) is 8.71. The quantitative estimate of drug-likeness (QED) is 0.702. The molecule has 0 aromatic carbocycles. The summed E-state index contributed by atoms with van der Waals surface area (Å²) < 4.78 is 5.58. The molecule has 0 fully saturated rings. The normalized spacial score (nSPS) is 22.2. The Morgan fingerprint density at radius 2 is 2.14 bits per heavy atom. The Balaban J connectivity index is 2.87. The molecule has 0 amide bonds. The van der Waals surface area contributed by atoms with Crippen LogP contribution in [0.5, 0.6) is 0 Å². The Morgan fingerprint density at radius 3 is 2.64 bits per heavy atom. The first-order valence-electron chi connectivity index (χ1n) is 5.00. The van der Waals surface area contributed by atoms with Gasteiger partial charge in [-0.3, -0.25) is 4.99 Å². The van der Waals surface area contributed by atoms with Crippen molar-refractivity contribution in [2.24, 2.45) is 10.7 Å². The van der Waals surface area contributed by atoms with Gasteiger partial charge in [0.15, 0.2) is 11.5 Å². The first-order chi connectivity index (χ1) is 6.68. The third kappa shape index (κ3) is 1.90. The smallest absolute Gasteiger partial charge is 0.187 e. The lowest BCUT2D eigenvalue weighted by Gasteiger charge is -2.27. The molecule has 0 spiro atoms. The van der Waals surface area contributed by atoms with E-state index in [1.54, 1.807) is 6.08 Å². The van der Waals surface area contributed by atoms with Crippen molar-refractivity contribution in [3.63, 3.8) is 0 Å². The van der Waals surface area contributed by atoms with Gasteiger partial charge in [-0.15, -0.1) is 0 Å². The molecule has 0 saturated heterocycles. The molecule has 1 rings (SSSR count). The Kier molecular flexibility index (Phi) is 3.52. The second-order valence-electron chi connectivity index (χ2n) is 3.34. The lowest BCUT2D eigenvalue weighted by molar-refractivity contribution is 0.0666. The number of ether oxygens (including phenoxy) is 1. The fourth-order valence-electron chi connectivity index (χ4n) is 1.69. The van der Waals surface area contributed by atoms with Gasteiger partial charge >= 0.3 is 0 Å². The first-order valence-corrected chi connectivity index (χ1v) is 5.00. The zero-order chi connectivity index (χ0) is 10.6. The molecule has 0 bridgehead atoms. The highest BCUT2D eigenvalue weighted by Crippen LogP contribution is 2.30. The molecule has 1 aliphatic rings. The second kappa shape index (κ2) is 4.46. The van der Waals surface area contributed by atoms with Crippen LogP contribution in [-0.2, 0) is 4.74 Å². The van der Waals surface area contributed by atoms with Crippen molar-refractivity contribution in [3.05, 3.63) is 12.0 Å². The number of hydrogen-bond donors (Lipinski definition) is 2. The number of hydrogen-bond acceptors (Lipinski definition) is 4. The predicted molar refractivity (Wildman–Crippen MR) is 56.1 cm³/mol. The molecule has 4 nitrogen and oxygen atoms in total. The van der Waals surface area contributed by atoms with Gasteiger partial charge in [0.1, 0.15) is 0 Å². The van der Waals surface area contributed by atoms with Crippen LogP contribution in [0.3, 0.4) is 0 Å². The lowest BCUT2D eigenvalue weighted by atomic mass is 9.92. The molecule has 0 aromatic rings. The number of nitrogens with two attached hydrogens (primary N) is 1. The molecular formula is C10H18N2O2. The zero-order valence-corrected chi connectivity index (χ0v) is 8.79. The van der Waals surface area contributed by atoms with Crippen LogP contribution >= 0.6 is 0 Å². The fourth-order valence-corrected chi connectivity index (χ4v) is 1.69. The van der Waals surface area contributed by atoms with Gasteiger partial charge in [-0.2, -0.15) is 0 Å². The van der Waals surface area contributed by atoms with Crippen LogP contribution < -0.4 is 5.73 Å². The van der Waals surface area contributed by atoms with Crippen molar-refractivity contribution in [2.45, 2.75) is 32.3 Å². The molecule has 4 heteroatoms. The topological polar surface area (TPSA) is 67.8 Å². The van der Waals surface area contributed by atoms with Gasteiger partial charge in [-0.25, -0.2) is 0 Å². The van der Waals surface area contributed by atoms with Gasteiger partial charge in [0.2, 0.25) is 0 Å². The van der Waals surface area contributed by atoms with Crippen LogP contribution in [-0.4, -0.2) is 29.6 Å². The lowest BCUT2D eigenvalue weighted by Crippen LogP contribution is -2.35. The highest BCUT2D eigenvalue weighted by atomic mass is 16.5. The summed E-state index contributed by atoms with van der Waals surface area (Å²) in [7, 11) is 0. The van der Waals surface area contributed by atoms with Crippen molar-refractivity contribution < 1.29 is 9.84 Å². The molecule has 1 heterocycles. The van der Waals surface area contributed by atoms with Crippen molar-refractivity contribution in [3.8, 4) is 0 Å². The van der Waals surface area contributed by atoms with Crippen molar-refractivity contribution in [1.29, 1.82) is 0 Å². The molecule has 1 aliphatic heterocycles. The molecule has 14 heavy (non-hydrogen) atoms. The standard InChI is InChI=1S/C10H18N2O2/c1-3-10(4-2)8(12-5-6-13)7-9(11)14-10/h7,13H,3-6,11H2,1-2H3. The monoisotopic (exact) mass is 198 g/mol. The van der Waals surface area contributed by atoms with Crippen molar-refractivity contribution in [1.82, 2.24) is 0 Å². The van der Waals surface area contributed by atoms with E-state index < -0.39 is 0 Å². The van der Waals surface area contributed by atoms with E-state index in [1.807, 2.05) is 13.8 Å². The maximum absolute atomic E-state index is 8.71. The summed E-state index contributed by atoms with van der Waals surface area (Å²) in [5.74, 6) is 0.422. The Morgan fingerprint density at radius 1 is 1.50 bits per heavy atom. The van der Waals surface area contributed by atoms with E-state index in [9.17, 15) is 0 Å². The number of rotatable bonds is 4. The van der Waals surface area contributed by atoms with Gasteiger partial charge in [0, 0.05) is 6.08 Å². The summed E-state index contributed by atoms with van der Waals surface area (Å²) in [4.78, 5) is 4.27. The second-order valence-corrected chi connectivity index (χ2v) is 3.34. The zero-order valence-electron chi connectivity index (χ0n) is 8.79. The summed E-state index contributed by atoms with van der Waals surface area (Å²) in [6.45, 7) is 4.56. The molecule has 0 unspecified atom stereocenters. The molecular weight excluding hydrogens is 180 g/mol. The van der Waals surface area contributed by atoms with Gasteiger partial charge in [0.05, 0.1) is 18.9 Å². The predicted octanol–water partition coefficient (Wildman–Crippen LogP) is 0.809. The van der Waals surface area contributed by atoms with E-state index in [0.29, 0.717) is 12.4 Å². The van der Waals surface area contributed by atoms with Crippen molar-refractivity contribution >= 4 is 5.71 Å². The third-order valence-electron chi connectivity index (χ3n) is 2.58. The van der Waals surface area contributed by atoms with Crippen LogP contribution in [0.1, 0.15) is 26.7 Å². The number of aliphatic imine (C=N–C) groups is 1. The Labute approximate surface area is 84.5 Å². The summed E-state index contributed by atoms with van der Waals surface area (Å²) in [5.41, 5.74) is 6.11. The van der Waals surface area contributed by atoms with Crippen molar-refractivity contribution in [2.75, 3.05) is 13.2 Å². The SMILES string of the molecule is CCC1(CC)OC(N)=CC1=NCCO. The van der Waals surface area contributed by atoms with E-state index in [0.717, 1.165) is 18.6 Å². The van der Waals surface area contributed by atoms with Crippen LogP contribution in [0.15, 0.2) is 17.0 Å². The largest absolute Gasteiger partial charge is 0.466 e. The van der Waals surface area contributed by atoms with E-state index in [2.05, 4.69) is 4.99 Å². The van der Waals surface area contributed by atoms with E-state index in [4.69, 9.17) is 15.6 Å². The van der Waals surface area contributed by atoms with Gasteiger partial charge in [-0.05, 0) is 12.8 Å². The molecule has 0 atom stereocenters. The molecule has 0 radical (unpaired) electrons. The maximum atomic E-state index is 8.71. The minimum absolute atomic E-state index is 0.0563. The summed E-state index contributed by atoms with van der Waals surface area (Å²) >= 11 is 0.